The second-order valence-corrected chi connectivity index (χ2v) is 16.5. The highest BCUT2D eigenvalue weighted by atomic mass is 19.4. The van der Waals surface area contributed by atoms with Gasteiger partial charge in [-0.1, -0.05) is 48.5 Å². The summed E-state index contributed by atoms with van der Waals surface area (Å²) in [6.07, 6.45) is 5.78. The Kier molecular flexibility index (Phi) is 5.72. The molecule has 0 aromatic heterocycles. The maximum absolute atomic E-state index is 13.1. The van der Waals surface area contributed by atoms with Crippen molar-refractivity contribution in [3.05, 3.63) is 0 Å². The van der Waals surface area contributed by atoms with Crippen LogP contribution in [0.3, 0.4) is 0 Å². The number of halogens is 3. The SMILES string of the molecule is CC1(C)CC[C@]23CC[C@]4(C)[C@@H](CC[C@H]5[C@@]6(C)CC[C@H](OC(=O)C(F)(F)F)C(C)(C)[C@@H]6CC[C@]54C)[C@H]2[C@H]1OC3. The van der Waals surface area contributed by atoms with Crippen LogP contribution in [-0.2, 0) is 14.3 Å². The molecular weight excluding hydrogens is 489 g/mol. The first-order valence-electron chi connectivity index (χ1n) is 15.3. The Labute approximate surface area is 227 Å². The summed E-state index contributed by atoms with van der Waals surface area (Å²) < 4.78 is 51.1. The van der Waals surface area contributed by atoms with Gasteiger partial charge in [-0.25, -0.2) is 4.79 Å². The summed E-state index contributed by atoms with van der Waals surface area (Å²) in [5.74, 6) is 0.0918. The third-order valence-corrected chi connectivity index (χ3v) is 14.6. The topological polar surface area (TPSA) is 35.5 Å². The molecule has 38 heavy (non-hydrogen) atoms. The van der Waals surface area contributed by atoms with Crippen LogP contribution in [-0.4, -0.2) is 31.0 Å². The smallest absolute Gasteiger partial charge is 0.455 e. The van der Waals surface area contributed by atoms with Gasteiger partial charge in [0.2, 0.25) is 0 Å². The van der Waals surface area contributed by atoms with Gasteiger partial charge in [-0.05, 0) is 115 Å². The third kappa shape index (κ3) is 3.33. The van der Waals surface area contributed by atoms with Crippen LogP contribution < -0.4 is 0 Å². The van der Waals surface area contributed by atoms with Crippen LogP contribution in [0.4, 0.5) is 13.2 Å². The van der Waals surface area contributed by atoms with Crippen molar-refractivity contribution in [2.45, 2.75) is 131 Å². The quantitative estimate of drug-likeness (QED) is 0.315. The van der Waals surface area contributed by atoms with Gasteiger partial charge in [0.15, 0.2) is 0 Å². The molecule has 6 rings (SSSR count). The van der Waals surface area contributed by atoms with Crippen molar-refractivity contribution in [2.24, 2.45) is 56.2 Å². The van der Waals surface area contributed by atoms with Crippen molar-refractivity contribution in [3.63, 3.8) is 0 Å². The predicted molar refractivity (Wildman–Crippen MR) is 140 cm³/mol. The van der Waals surface area contributed by atoms with Crippen LogP contribution in [0.1, 0.15) is 113 Å². The Hall–Kier alpha value is -0.780. The first-order valence-corrected chi connectivity index (χ1v) is 15.3. The average Bonchev–Trinajstić information content (AvgIpc) is 3.14. The van der Waals surface area contributed by atoms with Crippen LogP contribution in [0.5, 0.6) is 0 Å². The number of fused-ring (bicyclic) bond motifs is 5. The fourth-order valence-corrected chi connectivity index (χ4v) is 12.4. The molecule has 0 radical (unpaired) electrons. The Morgan fingerprint density at radius 3 is 2.16 bits per heavy atom. The van der Waals surface area contributed by atoms with Gasteiger partial charge in [-0.3, -0.25) is 0 Å². The third-order valence-electron chi connectivity index (χ3n) is 14.6. The Morgan fingerprint density at radius 2 is 1.47 bits per heavy atom. The molecule has 5 aliphatic carbocycles. The predicted octanol–water partition coefficient (Wildman–Crippen LogP) is 8.35. The number of rotatable bonds is 1. The van der Waals surface area contributed by atoms with Gasteiger partial charge in [0.25, 0.3) is 0 Å². The minimum absolute atomic E-state index is 0.0437. The van der Waals surface area contributed by atoms with Crippen molar-refractivity contribution in [1.29, 1.82) is 0 Å². The summed E-state index contributed by atoms with van der Waals surface area (Å²) in [5.41, 5.74) is 0.625. The molecule has 5 saturated carbocycles. The van der Waals surface area contributed by atoms with Crippen molar-refractivity contribution in [2.75, 3.05) is 6.61 Å². The van der Waals surface area contributed by atoms with E-state index in [1.165, 1.54) is 38.5 Å². The number of ether oxygens (including phenoxy) is 2. The highest BCUT2D eigenvalue weighted by Crippen LogP contribution is 2.78. The summed E-state index contributed by atoms with van der Waals surface area (Å²) in [7, 11) is 0. The monoisotopic (exact) mass is 538 g/mol. The second-order valence-electron chi connectivity index (χ2n) is 16.5. The molecule has 6 aliphatic rings. The summed E-state index contributed by atoms with van der Waals surface area (Å²) in [5, 5.41) is 0. The molecule has 1 heterocycles. The standard InChI is InChI=1S/C32H49F3O3/c1-26(2)14-16-31-17-15-29(6)19(23(31)24(26)37-18-31)8-9-21-28(5)12-11-22(38-25(36)32(33,34)35)27(3,4)20(28)10-13-30(21,29)7/h19-24H,8-18H2,1-7H3/t19-,20-,21-,22-,23-,24+,28-,29+,30+,31+/m0/s1. The van der Waals surface area contributed by atoms with E-state index in [1.54, 1.807) is 0 Å². The molecule has 3 nitrogen and oxygen atoms in total. The fraction of sp³-hybridized carbons (Fsp3) is 0.969. The molecule has 0 aromatic rings. The zero-order chi connectivity index (χ0) is 27.7. The van der Waals surface area contributed by atoms with E-state index in [0.29, 0.717) is 35.7 Å². The molecule has 216 valence electrons. The van der Waals surface area contributed by atoms with E-state index < -0.39 is 23.7 Å². The number of esters is 1. The van der Waals surface area contributed by atoms with Crippen molar-refractivity contribution >= 4 is 5.97 Å². The van der Waals surface area contributed by atoms with Crippen LogP contribution in [0.15, 0.2) is 0 Å². The number of hydrogen-bond donors (Lipinski definition) is 0. The summed E-state index contributed by atoms with van der Waals surface area (Å²) in [4.78, 5) is 11.8. The summed E-state index contributed by atoms with van der Waals surface area (Å²) >= 11 is 0. The number of carbonyl (C=O) groups excluding carboxylic acids is 1. The van der Waals surface area contributed by atoms with Crippen LogP contribution in [0.2, 0.25) is 0 Å². The minimum Gasteiger partial charge on any atom is -0.455 e. The lowest BCUT2D eigenvalue weighted by molar-refractivity contribution is -0.259. The molecule has 6 fully saturated rings. The number of hydrogen-bond acceptors (Lipinski definition) is 3. The normalized spacial score (nSPS) is 52.7. The van der Waals surface area contributed by atoms with E-state index in [1.807, 2.05) is 0 Å². The number of carbonyl (C=O) groups is 1. The van der Waals surface area contributed by atoms with Gasteiger partial charge in [0.05, 0.1) is 12.7 Å². The largest absolute Gasteiger partial charge is 0.490 e. The van der Waals surface area contributed by atoms with E-state index in [0.717, 1.165) is 25.9 Å². The Morgan fingerprint density at radius 1 is 0.789 bits per heavy atom. The first-order chi connectivity index (χ1) is 17.4. The van der Waals surface area contributed by atoms with Crippen LogP contribution in [0, 0.1) is 56.2 Å². The van der Waals surface area contributed by atoms with Gasteiger partial charge < -0.3 is 9.47 Å². The fourth-order valence-electron chi connectivity index (χ4n) is 12.4. The Bertz CT molecular complexity index is 1000. The molecule has 1 aliphatic heterocycles. The van der Waals surface area contributed by atoms with Gasteiger partial charge in [0.1, 0.15) is 6.10 Å². The van der Waals surface area contributed by atoms with E-state index >= 15 is 0 Å². The molecule has 0 aromatic carbocycles. The first kappa shape index (κ1) is 27.4. The molecule has 0 unspecified atom stereocenters. The summed E-state index contributed by atoms with van der Waals surface area (Å²) in [6.45, 7) is 17.5. The van der Waals surface area contributed by atoms with E-state index in [-0.39, 0.29) is 27.6 Å². The molecule has 0 spiro atoms. The zero-order valence-electron chi connectivity index (χ0n) is 24.6. The van der Waals surface area contributed by atoms with Crippen molar-refractivity contribution in [1.82, 2.24) is 0 Å². The highest BCUT2D eigenvalue weighted by molar-refractivity contribution is 5.75. The van der Waals surface area contributed by atoms with Crippen LogP contribution >= 0.6 is 0 Å². The lowest BCUT2D eigenvalue weighted by Gasteiger charge is -2.73. The zero-order valence-corrected chi connectivity index (χ0v) is 24.6. The molecule has 10 atom stereocenters. The number of alkyl halides is 3. The Balaban J connectivity index is 1.31. The average molecular weight is 539 g/mol. The lowest BCUT2D eigenvalue weighted by Crippen LogP contribution is -2.68. The molecule has 0 N–H and O–H groups in total. The van der Waals surface area contributed by atoms with Gasteiger partial charge >= 0.3 is 12.1 Å². The molecule has 6 heteroatoms. The van der Waals surface area contributed by atoms with Gasteiger partial charge in [-0.15, -0.1) is 0 Å². The molecule has 1 saturated heterocycles. The van der Waals surface area contributed by atoms with Crippen molar-refractivity contribution in [3.8, 4) is 0 Å². The maximum Gasteiger partial charge on any atom is 0.490 e. The van der Waals surface area contributed by atoms with Crippen molar-refractivity contribution < 1.29 is 27.4 Å². The van der Waals surface area contributed by atoms with Gasteiger partial charge in [0, 0.05) is 5.41 Å². The van der Waals surface area contributed by atoms with E-state index in [2.05, 4.69) is 48.5 Å². The minimum atomic E-state index is -4.94. The molecule has 2 bridgehead atoms. The molecular formula is C32H49F3O3. The maximum atomic E-state index is 13.1. The molecule has 0 amide bonds. The van der Waals surface area contributed by atoms with E-state index in [9.17, 15) is 18.0 Å². The van der Waals surface area contributed by atoms with E-state index in [4.69, 9.17) is 9.47 Å². The lowest BCUT2D eigenvalue weighted by atomic mass is 9.31. The van der Waals surface area contributed by atoms with Gasteiger partial charge in [-0.2, -0.15) is 13.2 Å². The summed E-state index contributed by atoms with van der Waals surface area (Å²) in [6, 6.07) is 0. The highest BCUT2D eigenvalue weighted by Gasteiger charge is 2.73. The van der Waals surface area contributed by atoms with Crippen LogP contribution in [0.25, 0.3) is 0 Å². The second kappa shape index (κ2) is 7.94.